The van der Waals surface area contributed by atoms with Gasteiger partial charge in [0.2, 0.25) is 0 Å². The second kappa shape index (κ2) is 6.35. The highest BCUT2D eigenvalue weighted by Gasteiger charge is 2.17. The first kappa shape index (κ1) is 14.4. The van der Waals surface area contributed by atoms with E-state index >= 15 is 0 Å². The summed E-state index contributed by atoms with van der Waals surface area (Å²) < 4.78 is 18.6. The van der Waals surface area contributed by atoms with Gasteiger partial charge in [0, 0.05) is 12.1 Å². The number of hydrogen-bond donors (Lipinski definition) is 2. The van der Waals surface area contributed by atoms with Crippen LogP contribution in [0.25, 0.3) is 0 Å². The molecule has 100 valence electrons. The molecule has 0 aliphatic carbocycles. The molecule has 0 bridgehead atoms. The van der Waals surface area contributed by atoms with Gasteiger partial charge in [0.15, 0.2) is 6.10 Å². The Morgan fingerprint density at radius 2 is 2.17 bits per heavy atom. The van der Waals surface area contributed by atoms with Crippen molar-refractivity contribution in [2.75, 3.05) is 0 Å². The smallest absolute Gasteiger partial charge is 0.344 e. The topological polar surface area (TPSA) is 72.5 Å². The van der Waals surface area contributed by atoms with Gasteiger partial charge in [-0.3, -0.25) is 0 Å². The monoisotopic (exact) mass is 255 g/mol. The molecular formula is C13H18FNO3. The van der Waals surface area contributed by atoms with Gasteiger partial charge in [0.05, 0.1) is 0 Å². The van der Waals surface area contributed by atoms with E-state index in [4.69, 9.17) is 15.6 Å². The lowest BCUT2D eigenvalue weighted by atomic mass is 10.1. The van der Waals surface area contributed by atoms with Crippen LogP contribution in [0.2, 0.25) is 0 Å². The molecular weight excluding hydrogens is 237 g/mol. The van der Waals surface area contributed by atoms with Crippen LogP contribution in [0.3, 0.4) is 0 Å². The van der Waals surface area contributed by atoms with Crippen molar-refractivity contribution >= 4 is 5.97 Å². The molecule has 0 aliphatic heterocycles. The maximum absolute atomic E-state index is 13.4. The number of benzene rings is 1. The second-order valence-corrected chi connectivity index (χ2v) is 4.33. The third-order valence-corrected chi connectivity index (χ3v) is 2.41. The molecule has 0 amide bonds. The van der Waals surface area contributed by atoms with Crippen LogP contribution in [0.15, 0.2) is 18.2 Å². The highest BCUT2D eigenvalue weighted by atomic mass is 19.1. The number of carboxylic acids is 1. The summed E-state index contributed by atoms with van der Waals surface area (Å²) in [7, 11) is 0. The highest BCUT2D eigenvalue weighted by Crippen LogP contribution is 2.19. The minimum absolute atomic E-state index is 0.0962. The Hall–Kier alpha value is -1.62. The summed E-state index contributed by atoms with van der Waals surface area (Å²) in [5, 5.41) is 8.88. The predicted molar refractivity (Wildman–Crippen MR) is 66.1 cm³/mol. The van der Waals surface area contributed by atoms with Crippen molar-refractivity contribution in [3.05, 3.63) is 29.6 Å². The van der Waals surface area contributed by atoms with Crippen LogP contribution < -0.4 is 10.5 Å². The predicted octanol–water partition coefficient (Wildman–Crippen LogP) is 1.96. The molecule has 0 aliphatic rings. The van der Waals surface area contributed by atoms with E-state index < -0.39 is 17.9 Å². The third-order valence-electron chi connectivity index (χ3n) is 2.41. The molecule has 1 rings (SSSR count). The molecule has 0 radical (unpaired) electrons. The zero-order valence-corrected chi connectivity index (χ0v) is 10.5. The maximum Gasteiger partial charge on any atom is 0.344 e. The lowest BCUT2D eigenvalue weighted by Crippen LogP contribution is -2.26. The van der Waals surface area contributed by atoms with Crippen molar-refractivity contribution in [3.8, 4) is 5.75 Å². The molecule has 0 saturated carbocycles. The van der Waals surface area contributed by atoms with Crippen LogP contribution in [0.4, 0.5) is 4.39 Å². The molecule has 1 aromatic carbocycles. The van der Waals surface area contributed by atoms with Crippen molar-refractivity contribution in [3.63, 3.8) is 0 Å². The molecule has 1 aromatic rings. The Labute approximate surface area is 106 Å². The first-order valence-electron chi connectivity index (χ1n) is 5.87. The Kier molecular flexibility index (Phi) is 5.09. The molecule has 0 saturated heterocycles. The van der Waals surface area contributed by atoms with Crippen LogP contribution in [-0.2, 0) is 11.2 Å². The zero-order chi connectivity index (χ0) is 13.7. The molecule has 2 atom stereocenters. The van der Waals surface area contributed by atoms with E-state index in [0.717, 1.165) is 0 Å². The maximum atomic E-state index is 13.4. The van der Waals surface area contributed by atoms with Crippen molar-refractivity contribution in [1.29, 1.82) is 0 Å². The highest BCUT2D eigenvalue weighted by molar-refractivity contribution is 5.72. The number of ether oxygens (including phenoxy) is 1. The summed E-state index contributed by atoms with van der Waals surface area (Å²) in [5.41, 5.74) is 6.34. The first-order chi connectivity index (χ1) is 8.42. The van der Waals surface area contributed by atoms with E-state index in [2.05, 4.69) is 0 Å². The zero-order valence-electron chi connectivity index (χ0n) is 10.5. The lowest BCUT2D eigenvalue weighted by molar-refractivity contribution is -0.145. The minimum Gasteiger partial charge on any atom is -0.479 e. The van der Waals surface area contributed by atoms with Crippen LogP contribution in [0.5, 0.6) is 5.75 Å². The van der Waals surface area contributed by atoms with E-state index in [1.165, 1.54) is 12.1 Å². The molecule has 0 heterocycles. The summed E-state index contributed by atoms with van der Waals surface area (Å²) in [5.74, 6) is -1.29. The van der Waals surface area contributed by atoms with Gasteiger partial charge in [-0.25, -0.2) is 9.18 Å². The van der Waals surface area contributed by atoms with E-state index in [1.807, 2.05) is 6.92 Å². The van der Waals surface area contributed by atoms with Gasteiger partial charge < -0.3 is 15.6 Å². The average molecular weight is 255 g/mol. The van der Waals surface area contributed by atoms with Crippen molar-refractivity contribution in [2.45, 2.75) is 38.8 Å². The molecule has 3 N–H and O–H groups in total. The Bertz CT molecular complexity index is 421. The van der Waals surface area contributed by atoms with Crippen molar-refractivity contribution in [1.82, 2.24) is 0 Å². The van der Waals surface area contributed by atoms with Gasteiger partial charge >= 0.3 is 5.97 Å². The van der Waals surface area contributed by atoms with Gasteiger partial charge in [0.25, 0.3) is 0 Å². The normalized spacial score (nSPS) is 14.0. The van der Waals surface area contributed by atoms with Crippen LogP contribution in [0.1, 0.15) is 25.8 Å². The van der Waals surface area contributed by atoms with Gasteiger partial charge in [-0.05, 0) is 37.5 Å². The van der Waals surface area contributed by atoms with Gasteiger partial charge in [0.1, 0.15) is 11.6 Å². The number of carboxylic acid groups (broad SMARTS) is 1. The molecule has 5 heteroatoms. The van der Waals surface area contributed by atoms with E-state index in [1.54, 1.807) is 13.0 Å². The summed E-state index contributed by atoms with van der Waals surface area (Å²) in [6.45, 7) is 3.51. The summed E-state index contributed by atoms with van der Waals surface area (Å²) in [4.78, 5) is 10.8. The first-order valence-corrected chi connectivity index (χ1v) is 5.87. The Balaban J connectivity index is 2.88. The number of nitrogens with two attached hydrogens (primary N) is 1. The molecule has 0 spiro atoms. The lowest BCUT2D eigenvalue weighted by Gasteiger charge is -2.14. The quantitative estimate of drug-likeness (QED) is 0.815. The van der Waals surface area contributed by atoms with Gasteiger partial charge in [-0.2, -0.15) is 0 Å². The van der Waals surface area contributed by atoms with E-state index in [9.17, 15) is 9.18 Å². The van der Waals surface area contributed by atoms with Crippen molar-refractivity contribution < 1.29 is 19.0 Å². The fourth-order valence-electron chi connectivity index (χ4n) is 1.65. The van der Waals surface area contributed by atoms with Crippen LogP contribution in [0, 0.1) is 5.82 Å². The molecule has 2 unspecified atom stereocenters. The molecule has 0 aromatic heterocycles. The van der Waals surface area contributed by atoms with Crippen LogP contribution >= 0.6 is 0 Å². The van der Waals surface area contributed by atoms with Gasteiger partial charge in [-0.15, -0.1) is 0 Å². The SMILES string of the molecule is CCC(Oc1cc(F)cc(CC(C)N)c1)C(=O)O. The fraction of sp³-hybridized carbons (Fsp3) is 0.462. The Morgan fingerprint density at radius 1 is 1.50 bits per heavy atom. The average Bonchev–Trinajstić information content (AvgIpc) is 2.23. The molecule has 4 nitrogen and oxygen atoms in total. The van der Waals surface area contributed by atoms with E-state index in [-0.39, 0.29) is 11.8 Å². The van der Waals surface area contributed by atoms with E-state index in [0.29, 0.717) is 18.4 Å². The standard InChI is InChI=1S/C13H18FNO3/c1-3-12(13(16)17)18-11-6-9(4-8(2)15)5-10(14)7-11/h5-8,12H,3-4,15H2,1-2H3,(H,16,17). The summed E-state index contributed by atoms with van der Waals surface area (Å²) in [6.07, 6.45) is -0.137. The number of rotatable bonds is 6. The Morgan fingerprint density at radius 3 is 2.67 bits per heavy atom. The van der Waals surface area contributed by atoms with Crippen molar-refractivity contribution in [2.24, 2.45) is 5.73 Å². The minimum atomic E-state index is -1.06. The summed E-state index contributed by atoms with van der Waals surface area (Å²) >= 11 is 0. The second-order valence-electron chi connectivity index (χ2n) is 4.33. The molecule has 0 fully saturated rings. The summed E-state index contributed by atoms with van der Waals surface area (Å²) in [6, 6.07) is 4.08. The third kappa shape index (κ3) is 4.33. The van der Waals surface area contributed by atoms with Crippen LogP contribution in [-0.4, -0.2) is 23.2 Å². The van der Waals surface area contributed by atoms with Gasteiger partial charge in [-0.1, -0.05) is 6.92 Å². The number of halogens is 1. The number of hydrogen-bond acceptors (Lipinski definition) is 3. The molecule has 18 heavy (non-hydrogen) atoms. The number of carbonyl (C=O) groups is 1. The number of aliphatic carboxylic acids is 1. The fourth-order valence-corrected chi connectivity index (χ4v) is 1.65. The largest absolute Gasteiger partial charge is 0.479 e.